The van der Waals surface area contributed by atoms with E-state index >= 15 is 0 Å². The fourth-order valence-electron chi connectivity index (χ4n) is 3.14. The van der Waals surface area contributed by atoms with Crippen molar-refractivity contribution in [3.8, 4) is 0 Å². The molecule has 1 aliphatic rings. The number of rotatable bonds is 13. The maximum Gasteiger partial charge on any atom is 0.158 e. The Labute approximate surface area is 181 Å². The molecule has 4 heteroatoms. The van der Waals surface area contributed by atoms with Gasteiger partial charge in [0.2, 0.25) is 0 Å². The van der Waals surface area contributed by atoms with E-state index in [9.17, 15) is 5.11 Å². The second kappa shape index (κ2) is 13.7. The maximum absolute atomic E-state index is 9.98. The molecule has 1 aliphatic heterocycles. The van der Waals surface area contributed by atoms with Crippen molar-refractivity contribution < 1.29 is 14.6 Å². The number of ether oxygens (including phenoxy) is 2. The first-order valence-electron chi connectivity index (χ1n) is 10.7. The number of allylic oxidation sites excluding steroid dienone is 6. The van der Waals surface area contributed by atoms with Crippen molar-refractivity contribution in [2.45, 2.75) is 103 Å². The monoisotopic (exact) mass is 456 g/mol. The van der Waals surface area contributed by atoms with Crippen LogP contribution in [0, 0.1) is 0 Å². The van der Waals surface area contributed by atoms with Crippen LogP contribution >= 0.6 is 15.9 Å². The van der Waals surface area contributed by atoms with Gasteiger partial charge in [0.25, 0.3) is 0 Å². The van der Waals surface area contributed by atoms with Crippen molar-refractivity contribution in [3.63, 3.8) is 0 Å². The lowest BCUT2D eigenvalue weighted by Crippen LogP contribution is -2.31. The summed E-state index contributed by atoms with van der Waals surface area (Å²) in [6.45, 7) is 11.8. The maximum atomic E-state index is 9.98. The zero-order valence-electron chi connectivity index (χ0n) is 18.6. The Bertz CT molecular complexity index is 522. The number of unbranched alkanes of at least 4 members (excludes halogenated alkanes) is 1. The Morgan fingerprint density at radius 3 is 2.00 bits per heavy atom. The zero-order valence-corrected chi connectivity index (χ0v) is 20.2. The molecule has 1 saturated heterocycles. The number of alkyl halides is 1. The van der Waals surface area contributed by atoms with E-state index in [0.29, 0.717) is 0 Å². The molecule has 1 N–H and O–H groups in total. The summed E-state index contributed by atoms with van der Waals surface area (Å²) in [7, 11) is 0. The van der Waals surface area contributed by atoms with Gasteiger partial charge in [-0.2, -0.15) is 0 Å². The van der Waals surface area contributed by atoms with Crippen LogP contribution in [0.15, 0.2) is 34.9 Å². The molecule has 3 nitrogen and oxygen atoms in total. The highest BCUT2D eigenvalue weighted by atomic mass is 79.9. The summed E-state index contributed by atoms with van der Waals surface area (Å²) in [5.41, 5.74) is 3.65. The third-order valence-corrected chi connectivity index (χ3v) is 6.79. The second-order valence-corrected chi connectivity index (χ2v) is 9.74. The molecule has 0 bridgehead atoms. The first kappa shape index (κ1) is 25.6. The molecule has 1 atom stereocenters. The van der Waals surface area contributed by atoms with Crippen molar-refractivity contribution >= 4 is 15.9 Å². The number of hydrogen-bond donors (Lipinski definition) is 1. The molecule has 0 aromatic heterocycles. The van der Waals surface area contributed by atoms with Gasteiger partial charge >= 0.3 is 0 Å². The van der Waals surface area contributed by atoms with Crippen LogP contribution in [0.4, 0.5) is 0 Å². The Balaban J connectivity index is 2.17. The van der Waals surface area contributed by atoms with Crippen LogP contribution in [0.5, 0.6) is 0 Å². The predicted molar refractivity (Wildman–Crippen MR) is 123 cm³/mol. The molecule has 0 aromatic carbocycles. The summed E-state index contributed by atoms with van der Waals surface area (Å²) in [6.07, 6.45) is 15.5. The van der Waals surface area contributed by atoms with Gasteiger partial charge in [-0.3, -0.25) is 0 Å². The molecule has 1 fully saturated rings. The summed E-state index contributed by atoms with van der Waals surface area (Å²) in [6, 6.07) is 0. The van der Waals surface area contributed by atoms with Gasteiger partial charge in [-0.15, -0.1) is 0 Å². The lowest BCUT2D eigenvalue weighted by Gasteiger charge is -2.24. The summed E-state index contributed by atoms with van der Waals surface area (Å²) in [5, 5.41) is 9.98. The van der Waals surface area contributed by atoms with Crippen LogP contribution in [0.25, 0.3) is 0 Å². The van der Waals surface area contributed by atoms with E-state index in [-0.39, 0.29) is 11.1 Å². The van der Waals surface area contributed by atoms with E-state index in [1.54, 1.807) is 0 Å². The molecule has 0 aromatic rings. The quantitative estimate of drug-likeness (QED) is 0.187. The molecule has 1 unspecified atom stereocenters. The highest BCUT2D eigenvalue weighted by Gasteiger charge is 2.23. The molecule has 0 aliphatic carbocycles. The second-order valence-electron chi connectivity index (χ2n) is 8.64. The highest BCUT2D eigenvalue weighted by Crippen LogP contribution is 2.24. The lowest BCUT2D eigenvalue weighted by molar-refractivity contribution is -0.0461. The first-order chi connectivity index (χ1) is 13.2. The lowest BCUT2D eigenvalue weighted by atomic mass is 9.98. The average Bonchev–Trinajstić information content (AvgIpc) is 3.14. The molecule has 0 radical (unpaired) electrons. The predicted octanol–water partition coefficient (Wildman–Crippen LogP) is 6.85. The molecule has 0 spiro atoms. The zero-order chi connectivity index (χ0) is 21.0. The van der Waals surface area contributed by atoms with Gasteiger partial charge in [0.1, 0.15) is 0 Å². The molecule has 1 heterocycles. The van der Waals surface area contributed by atoms with Crippen molar-refractivity contribution in [1.82, 2.24) is 0 Å². The highest BCUT2D eigenvalue weighted by molar-refractivity contribution is 9.09. The summed E-state index contributed by atoms with van der Waals surface area (Å²) < 4.78 is 11.0. The van der Waals surface area contributed by atoms with E-state index in [1.165, 1.54) is 16.7 Å². The minimum atomic E-state index is -0.662. The van der Waals surface area contributed by atoms with E-state index in [4.69, 9.17) is 9.47 Å². The first-order valence-corrected chi connectivity index (χ1v) is 11.7. The molecular weight excluding hydrogens is 416 g/mol. The fraction of sp³-hybridized carbons (Fsp3) is 0.750. The van der Waals surface area contributed by atoms with Crippen LogP contribution in [-0.4, -0.2) is 35.0 Å². The minimum absolute atomic E-state index is 0.0116. The van der Waals surface area contributed by atoms with Crippen LogP contribution in [0.1, 0.15) is 86.0 Å². The van der Waals surface area contributed by atoms with Gasteiger partial charge in [0.05, 0.1) is 18.8 Å². The fourth-order valence-corrected chi connectivity index (χ4v) is 3.37. The van der Waals surface area contributed by atoms with Crippen LogP contribution in [0.2, 0.25) is 0 Å². The smallest absolute Gasteiger partial charge is 0.158 e. The van der Waals surface area contributed by atoms with Gasteiger partial charge in [0.15, 0.2) is 6.29 Å². The van der Waals surface area contributed by atoms with Crippen molar-refractivity contribution in [1.29, 1.82) is 0 Å². The van der Waals surface area contributed by atoms with Crippen molar-refractivity contribution in [2.24, 2.45) is 0 Å². The van der Waals surface area contributed by atoms with Crippen molar-refractivity contribution in [3.05, 3.63) is 34.9 Å². The normalized spacial score (nSPS) is 18.8. The molecule has 28 heavy (non-hydrogen) atoms. The third-order valence-electron chi connectivity index (χ3n) is 5.21. The average molecular weight is 457 g/mol. The standard InChI is InChI=1S/C24H41BrO3/c1-19(11-8-12-21(3)13-15-22(25)24(4,5)26)9-6-7-10-20(2)14-16-23-27-17-18-28-23/h9-10,12,22-23,26H,6-8,11,13-18H2,1-5H3/b19-9+,20-10+,21-12+. The Hall–Kier alpha value is -0.420. The molecule has 0 saturated carbocycles. The largest absolute Gasteiger partial charge is 0.389 e. The minimum Gasteiger partial charge on any atom is -0.389 e. The van der Waals surface area contributed by atoms with Crippen molar-refractivity contribution in [2.75, 3.05) is 13.2 Å². The topological polar surface area (TPSA) is 38.7 Å². The Morgan fingerprint density at radius 2 is 1.43 bits per heavy atom. The van der Waals surface area contributed by atoms with E-state index in [0.717, 1.165) is 64.6 Å². The van der Waals surface area contributed by atoms with Gasteiger partial charge in [0, 0.05) is 11.2 Å². The summed E-state index contributed by atoms with van der Waals surface area (Å²) >= 11 is 3.59. The van der Waals surface area contributed by atoms with Gasteiger partial charge in [-0.1, -0.05) is 50.9 Å². The SMILES string of the molecule is C/C(=C\CC/C=C(\C)CCC1OCCO1)CC/C=C(\C)CCC(Br)C(C)(C)O. The van der Waals surface area contributed by atoms with E-state index in [2.05, 4.69) is 54.9 Å². The summed E-state index contributed by atoms with van der Waals surface area (Å²) in [4.78, 5) is 0.139. The molecule has 162 valence electrons. The molecular formula is C24H41BrO3. The van der Waals surface area contributed by atoms with E-state index < -0.39 is 5.60 Å². The van der Waals surface area contributed by atoms with E-state index in [1.807, 2.05) is 13.8 Å². The van der Waals surface area contributed by atoms with Gasteiger partial charge in [-0.25, -0.2) is 0 Å². The van der Waals surface area contributed by atoms with Crippen LogP contribution in [0.3, 0.4) is 0 Å². The molecule has 1 rings (SSSR count). The number of hydrogen-bond acceptors (Lipinski definition) is 3. The van der Waals surface area contributed by atoms with Gasteiger partial charge in [-0.05, 0) is 79.6 Å². The van der Waals surface area contributed by atoms with Crippen LogP contribution in [-0.2, 0) is 9.47 Å². The van der Waals surface area contributed by atoms with Crippen LogP contribution < -0.4 is 0 Å². The Kier molecular flexibility index (Phi) is 12.6. The molecule has 0 amide bonds. The van der Waals surface area contributed by atoms with Gasteiger partial charge < -0.3 is 14.6 Å². The summed E-state index contributed by atoms with van der Waals surface area (Å²) in [5.74, 6) is 0. The Morgan fingerprint density at radius 1 is 0.929 bits per heavy atom. The number of aliphatic hydroxyl groups is 1. The number of halogens is 1. The third kappa shape index (κ3) is 12.2.